The van der Waals surface area contributed by atoms with Gasteiger partial charge in [-0.25, -0.2) is 8.42 Å². The molecule has 0 saturated carbocycles. The standard InChI is InChI=1S/C16H23N3O3S/c1-3-9-17-16(20)14-5-7-15(8-6-14)23(21,22)19-12-10-18(4-2)11-13-19/h3,5-8H,1,4,9-13H2,2H3,(H,17,20). The second kappa shape index (κ2) is 7.72. The summed E-state index contributed by atoms with van der Waals surface area (Å²) in [6.45, 7) is 9.40. The molecule has 1 fully saturated rings. The summed E-state index contributed by atoms with van der Waals surface area (Å²) in [7, 11) is -3.49. The highest BCUT2D eigenvalue weighted by atomic mass is 32.2. The summed E-state index contributed by atoms with van der Waals surface area (Å²) in [6.07, 6.45) is 1.59. The van der Waals surface area contributed by atoms with E-state index in [4.69, 9.17) is 0 Å². The van der Waals surface area contributed by atoms with Crippen LogP contribution in [0.25, 0.3) is 0 Å². The number of carbonyl (C=O) groups excluding carboxylic acids is 1. The van der Waals surface area contributed by atoms with E-state index < -0.39 is 10.0 Å². The molecule has 1 amide bonds. The molecule has 2 rings (SSSR count). The minimum Gasteiger partial charge on any atom is -0.349 e. The highest BCUT2D eigenvalue weighted by molar-refractivity contribution is 7.89. The third-order valence-electron chi connectivity index (χ3n) is 3.94. The van der Waals surface area contributed by atoms with E-state index in [1.165, 1.54) is 28.6 Å². The highest BCUT2D eigenvalue weighted by Crippen LogP contribution is 2.18. The molecule has 0 radical (unpaired) electrons. The van der Waals surface area contributed by atoms with Gasteiger partial charge in [0.05, 0.1) is 4.90 Å². The molecule has 7 heteroatoms. The summed E-state index contributed by atoms with van der Waals surface area (Å²) < 4.78 is 26.8. The van der Waals surface area contributed by atoms with Crippen molar-refractivity contribution in [1.29, 1.82) is 0 Å². The van der Waals surface area contributed by atoms with Crippen LogP contribution in [-0.4, -0.2) is 62.8 Å². The van der Waals surface area contributed by atoms with E-state index in [-0.39, 0.29) is 10.8 Å². The topological polar surface area (TPSA) is 69.7 Å². The van der Waals surface area contributed by atoms with Crippen LogP contribution in [0.3, 0.4) is 0 Å². The van der Waals surface area contributed by atoms with Crippen LogP contribution in [0.15, 0.2) is 41.8 Å². The lowest BCUT2D eigenvalue weighted by molar-refractivity contribution is 0.0958. The van der Waals surface area contributed by atoms with Gasteiger partial charge >= 0.3 is 0 Å². The first kappa shape index (κ1) is 17.7. The normalized spacial score (nSPS) is 16.9. The number of benzene rings is 1. The van der Waals surface area contributed by atoms with E-state index in [1.807, 2.05) is 0 Å². The maximum Gasteiger partial charge on any atom is 0.251 e. The predicted octanol–water partition coefficient (Wildman–Crippen LogP) is 0.929. The predicted molar refractivity (Wildman–Crippen MR) is 89.8 cm³/mol. The number of nitrogens with zero attached hydrogens (tertiary/aromatic N) is 2. The number of amides is 1. The number of sulfonamides is 1. The van der Waals surface area contributed by atoms with Gasteiger partial charge in [0.2, 0.25) is 10.0 Å². The SMILES string of the molecule is C=CCNC(=O)c1ccc(S(=O)(=O)N2CCN(CC)CC2)cc1. The summed E-state index contributed by atoms with van der Waals surface area (Å²) in [5.41, 5.74) is 0.432. The number of nitrogens with one attached hydrogen (secondary N) is 1. The van der Waals surface area contributed by atoms with Gasteiger partial charge in [-0.1, -0.05) is 13.0 Å². The molecule has 6 nitrogen and oxygen atoms in total. The first-order valence-electron chi connectivity index (χ1n) is 7.70. The zero-order valence-electron chi connectivity index (χ0n) is 13.4. The van der Waals surface area contributed by atoms with Crippen molar-refractivity contribution in [2.45, 2.75) is 11.8 Å². The summed E-state index contributed by atoms with van der Waals surface area (Å²) in [4.78, 5) is 14.3. The van der Waals surface area contributed by atoms with Crippen molar-refractivity contribution in [3.05, 3.63) is 42.5 Å². The van der Waals surface area contributed by atoms with Crippen LogP contribution in [0.5, 0.6) is 0 Å². The minimum absolute atomic E-state index is 0.225. The van der Waals surface area contributed by atoms with Gasteiger partial charge in [0, 0.05) is 38.3 Å². The van der Waals surface area contributed by atoms with Gasteiger partial charge in [0.25, 0.3) is 5.91 Å². The Hall–Kier alpha value is -1.70. The van der Waals surface area contributed by atoms with E-state index in [0.717, 1.165) is 19.6 Å². The van der Waals surface area contributed by atoms with Crippen LogP contribution in [-0.2, 0) is 10.0 Å². The minimum atomic E-state index is -3.49. The Morgan fingerprint density at radius 1 is 1.22 bits per heavy atom. The van der Waals surface area contributed by atoms with Gasteiger partial charge in [-0.05, 0) is 30.8 Å². The molecule has 0 aliphatic carbocycles. The molecule has 1 aliphatic rings. The molecule has 1 heterocycles. The van der Waals surface area contributed by atoms with Crippen molar-refractivity contribution in [2.75, 3.05) is 39.3 Å². The monoisotopic (exact) mass is 337 g/mol. The Labute approximate surface area is 137 Å². The molecule has 0 atom stereocenters. The molecule has 0 unspecified atom stereocenters. The first-order chi connectivity index (χ1) is 11.0. The van der Waals surface area contributed by atoms with Gasteiger partial charge in [-0.15, -0.1) is 6.58 Å². The Bertz CT molecular complexity index is 648. The molecule has 126 valence electrons. The Balaban J connectivity index is 2.08. The zero-order chi connectivity index (χ0) is 16.9. The number of rotatable bonds is 6. The number of piperazine rings is 1. The number of carbonyl (C=O) groups is 1. The van der Waals surface area contributed by atoms with Crippen molar-refractivity contribution in [3.63, 3.8) is 0 Å². The lowest BCUT2D eigenvalue weighted by Crippen LogP contribution is -2.48. The van der Waals surface area contributed by atoms with Crippen LogP contribution in [0.2, 0.25) is 0 Å². The average molecular weight is 337 g/mol. The molecule has 23 heavy (non-hydrogen) atoms. The van der Waals surface area contributed by atoms with Gasteiger partial charge < -0.3 is 10.2 Å². The van der Waals surface area contributed by atoms with Gasteiger partial charge in [0.15, 0.2) is 0 Å². The lowest BCUT2D eigenvalue weighted by Gasteiger charge is -2.33. The van der Waals surface area contributed by atoms with E-state index >= 15 is 0 Å². The van der Waals surface area contributed by atoms with Crippen molar-refractivity contribution >= 4 is 15.9 Å². The maximum absolute atomic E-state index is 12.6. The summed E-state index contributed by atoms with van der Waals surface area (Å²) >= 11 is 0. The summed E-state index contributed by atoms with van der Waals surface area (Å²) in [5, 5.41) is 2.66. The van der Waals surface area contributed by atoms with E-state index in [2.05, 4.69) is 23.7 Å². The number of hydrogen-bond donors (Lipinski definition) is 1. The molecule has 1 N–H and O–H groups in total. The molecule has 0 aromatic heterocycles. The van der Waals surface area contributed by atoms with E-state index in [0.29, 0.717) is 25.2 Å². The zero-order valence-corrected chi connectivity index (χ0v) is 14.2. The first-order valence-corrected chi connectivity index (χ1v) is 9.14. The van der Waals surface area contributed by atoms with Crippen molar-refractivity contribution in [1.82, 2.24) is 14.5 Å². The quantitative estimate of drug-likeness (QED) is 0.784. The molecule has 1 aromatic carbocycles. The van der Waals surface area contributed by atoms with Gasteiger partial charge in [-0.2, -0.15) is 4.31 Å². The van der Waals surface area contributed by atoms with Crippen LogP contribution < -0.4 is 5.32 Å². The molecular formula is C16H23N3O3S. The number of likely N-dealkylation sites (N-methyl/N-ethyl adjacent to an activating group) is 1. The Morgan fingerprint density at radius 3 is 2.35 bits per heavy atom. The fourth-order valence-electron chi connectivity index (χ4n) is 2.48. The summed E-state index contributed by atoms with van der Waals surface area (Å²) in [6, 6.07) is 6.05. The van der Waals surface area contributed by atoms with Crippen molar-refractivity contribution in [2.24, 2.45) is 0 Å². The largest absolute Gasteiger partial charge is 0.349 e. The van der Waals surface area contributed by atoms with E-state index in [9.17, 15) is 13.2 Å². The maximum atomic E-state index is 12.6. The second-order valence-corrected chi connectivity index (χ2v) is 7.30. The third kappa shape index (κ3) is 4.19. The number of hydrogen-bond acceptors (Lipinski definition) is 4. The third-order valence-corrected chi connectivity index (χ3v) is 5.85. The van der Waals surface area contributed by atoms with E-state index in [1.54, 1.807) is 6.08 Å². The van der Waals surface area contributed by atoms with Gasteiger partial charge in [-0.3, -0.25) is 4.79 Å². The van der Waals surface area contributed by atoms with Crippen molar-refractivity contribution < 1.29 is 13.2 Å². The lowest BCUT2D eigenvalue weighted by atomic mass is 10.2. The van der Waals surface area contributed by atoms with Crippen LogP contribution in [0, 0.1) is 0 Å². The molecule has 1 aromatic rings. The molecule has 1 saturated heterocycles. The van der Waals surface area contributed by atoms with Crippen LogP contribution in [0.4, 0.5) is 0 Å². The summed E-state index contributed by atoms with van der Waals surface area (Å²) in [5.74, 6) is -0.245. The fraction of sp³-hybridized carbons (Fsp3) is 0.438. The fourth-order valence-corrected chi connectivity index (χ4v) is 3.90. The Morgan fingerprint density at radius 2 is 1.83 bits per heavy atom. The average Bonchev–Trinajstić information content (AvgIpc) is 2.59. The molecule has 0 bridgehead atoms. The molecule has 0 spiro atoms. The smallest absolute Gasteiger partial charge is 0.251 e. The van der Waals surface area contributed by atoms with Crippen LogP contribution in [0.1, 0.15) is 17.3 Å². The molecular weight excluding hydrogens is 314 g/mol. The Kier molecular flexibility index (Phi) is 5.92. The second-order valence-electron chi connectivity index (χ2n) is 5.36. The highest BCUT2D eigenvalue weighted by Gasteiger charge is 2.27. The van der Waals surface area contributed by atoms with Gasteiger partial charge in [0.1, 0.15) is 0 Å². The van der Waals surface area contributed by atoms with Crippen LogP contribution >= 0.6 is 0 Å². The van der Waals surface area contributed by atoms with Crippen molar-refractivity contribution in [3.8, 4) is 0 Å². The molecule has 1 aliphatic heterocycles.